The van der Waals surface area contributed by atoms with E-state index in [1.807, 2.05) is 37.3 Å². The molecule has 1 N–H and O–H groups in total. The highest BCUT2D eigenvalue weighted by molar-refractivity contribution is 5.95. The molecule has 2 aromatic carbocycles. The normalized spacial score (nSPS) is 12.2. The van der Waals surface area contributed by atoms with Crippen molar-refractivity contribution in [2.75, 3.05) is 11.9 Å². The summed E-state index contributed by atoms with van der Waals surface area (Å²) in [5, 5.41) is 2.74. The molecular formula is C21H25NO4. The fourth-order valence-corrected chi connectivity index (χ4v) is 2.38. The molecular weight excluding hydrogens is 330 g/mol. The van der Waals surface area contributed by atoms with Gasteiger partial charge in [0.15, 0.2) is 6.10 Å². The third kappa shape index (κ3) is 4.85. The Kier molecular flexibility index (Phi) is 6.39. The lowest BCUT2D eigenvalue weighted by Gasteiger charge is -2.25. The van der Waals surface area contributed by atoms with Gasteiger partial charge >= 0.3 is 5.97 Å². The van der Waals surface area contributed by atoms with Gasteiger partial charge in [-0.15, -0.1) is 0 Å². The van der Waals surface area contributed by atoms with Gasteiger partial charge in [0, 0.05) is 5.69 Å². The summed E-state index contributed by atoms with van der Waals surface area (Å²) in [6.45, 7) is 7.60. The molecule has 0 radical (unpaired) electrons. The number of rotatable bonds is 7. The molecule has 2 aromatic rings. The van der Waals surface area contributed by atoms with E-state index in [4.69, 9.17) is 9.47 Å². The van der Waals surface area contributed by atoms with Crippen molar-refractivity contribution < 1.29 is 19.1 Å². The van der Waals surface area contributed by atoms with Crippen molar-refractivity contribution in [3.63, 3.8) is 0 Å². The van der Waals surface area contributed by atoms with Crippen molar-refractivity contribution in [3.8, 4) is 5.75 Å². The maximum Gasteiger partial charge on any atom is 0.316 e. The SMILES string of the molecule is CCOc1ccc(NC(=O)[C@@H](C)OC(=O)C(C)(C)c2ccccc2)cc1. The second kappa shape index (κ2) is 8.52. The molecule has 0 aliphatic rings. The van der Waals surface area contributed by atoms with Gasteiger partial charge in [-0.25, -0.2) is 0 Å². The van der Waals surface area contributed by atoms with Crippen molar-refractivity contribution in [1.82, 2.24) is 0 Å². The van der Waals surface area contributed by atoms with Crippen LogP contribution in [-0.2, 0) is 19.7 Å². The molecule has 0 fully saturated rings. The number of carbonyl (C=O) groups is 2. The highest BCUT2D eigenvalue weighted by Gasteiger charge is 2.33. The van der Waals surface area contributed by atoms with E-state index >= 15 is 0 Å². The van der Waals surface area contributed by atoms with Crippen molar-refractivity contribution >= 4 is 17.6 Å². The first-order chi connectivity index (χ1) is 12.3. The summed E-state index contributed by atoms with van der Waals surface area (Å²) in [5.74, 6) is -0.0981. The second-order valence-corrected chi connectivity index (χ2v) is 6.49. The van der Waals surface area contributed by atoms with Crippen LogP contribution in [0.25, 0.3) is 0 Å². The molecule has 5 heteroatoms. The standard InChI is InChI=1S/C21H25NO4/c1-5-25-18-13-11-17(12-14-18)22-19(23)15(2)26-20(24)21(3,4)16-9-7-6-8-10-16/h6-15H,5H2,1-4H3,(H,22,23)/t15-/m1/s1. The lowest BCUT2D eigenvalue weighted by atomic mass is 9.85. The average Bonchev–Trinajstić information content (AvgIpc) is 2.64. The number of esters is 1. The second-order valence-electron chi connectivity index (χ2n) is 6.49. The number of anilines is 1. The summed E-state index contributed by atoms with van der Waals surface area (Å²) in [7, 11) is 0. The van der Waals surface area contributed by atoms with Crippen molar-refractivity contribution in [3.05, 3.63) is 60.2 Å². The number of amides is 1. The van der Waals surface area contributed by atoms with E-state index in [0.29, 0.717) is 12.3 Å². The van der Waals surface area contributed by atoms with Crippen LogP contribution in [0.1, 0.15) is 33.3 Å². The summed E-state index contributed by atoms with van der Waals surface area (Å²) >= 11 is 0. The van der Waals surface area contributed by atoms with Crippen LogP contribution in [0.15, 0.2) is 54.6 Å². The first-order valence-electron chi connectivity index (χ1n) is 8.65. The van der Waals surface area contributed by atoms with Crippen LogP contribution < -0.4 is 10.1 Å². The number of carbonyl (C=O) groups excluding carboxylic acids is 2. The molecule has 1 amide bonds. The zero-order valence-electron chi connectivity index (χ0n) is 15.6. The molecule has 138 valence electrons. The van der Waals surface area contributed by atoms with Crippen LogP contribution in [0, 0.1) is 0 Å². The summed E-state index contributed by atoms with van der Waals surface area (Å²) in [5.41, 5.74) is 0.613. The zero-order valence-corrected chi connectivity index (χ0v) is 15.6. The van der Waals surface area contributed by atoms with E-state index in [0.717, 1.165) is 11.3 Å². The third-order valence-corrected chi connectivity index (χ3v) is 4.09. The molecule has 0 aliphatic heterocycles. The first kappa shape index (κ1) is 19.5. The monoisotopic (exact) mass is 355 g/mol. The molecule has 1 atom stereocenters. The van der Waals surface area contributed by atoms with Gasteiger partial charge in [0.05, 0.1) is 12.0 Å². The highest BCUT2D eigenvalue weighted by Crippen LogP contribution is 2.25. The van der Waals surface area contributed by atoms with Crippen molar-refractivity contribution in [1.29, 1.82) is 0 Å². The molecule has 0 aliphatic carbocycles. The minimum absolute atomic E-state index is 0.383. The lowest BCUT2D eigenvalue weighted by Crippen LogP contribution is -2.37. The van der Waals surface area contributed by atoms with Crippen LogP contribution in [0.3, 0.4) is 0 Å². The van der Waals surface area contributed by atoms with Crippen molar-refractivity contribution in [2.24, 2.45) is 0 Å². The Balaban J connectivity index is 1.96. The fraction of sp³-hybridized carbons (Fsp3) is 0.333. The van der Waals surface area contributed by atoms with E-state index in [1.165, 1.54) is 0 Å². The molecule has 0 unspecified atom stereocenters. The summed E-state index contributed by atoms with van der Waals surface area (Å²) in [4.78, 5) is 24.8. The molecule has 5 nitrogen and oxygen atoms in total. The molecule has 0 bridgehead atoms. The predicted molar refractivity (Wildman–Crippen MR) is 101 cm³/mol. The number of nitrogens with one attached hydrogen (secondary N) is 1. The maximum absolute atomic E-state index is 12.5. The zero-order chi connectivity index (χ0) is 19.2. The van der Waals surface area contributed by atoms with Gasteiger partial charge in [-0.05, 0) is 57.5 Å². The van der Waals surface area contributed by atoms with Gasteiger partial charge in [0.2, 0.25) is 0 Å². The van der Waals surface area contributed by atoms with E-state index in [2.05, 4.69) is 5.32 Å². The van der Waals surface area contributed by atoms with E-state index in [-0.39, 0.29) is 5.91 Å². The molecule has 0 heterocycles. The van der Waals surface area contributed by atoms with Crippen LogP contribution >= 0.6 is 0 Å². The fourth-order valence-electron chi connectivity index (χ4n) is 2.38. The van der Waals surface area contributed by atoms with Gasteiger partial charge in [-0.3, -0.25) is 9.59 Å². The number of ether oxygens (including phenoxy) is 2. The van der Waals surface area contributed by atoms with Gasteiger partial charge in [-0.1, -0.05) is 30.3 Å². The number of hydrogen-bond donors (Lipinski definition) is 1. The summed E-state index contributed by atoms with van der Waals surface area (Å²) < 4.78 is 10.8. The topological polar surface area (TPSA) is 64.6 Å². The van der Waals surface area contributed by atoms with Crippen molar-refractivity contribution in [2.45, 2.75) is 39.2 Å². The predicted octanol–water partition coefficient (Wildman–Crippen LogP) is 3.93. The Morgan fingerprint density at radius 1 is 1.04 bits per heavy atom. The molecule has 0 aromatic heterocycles. The summed E-state index contributed by atoms with van der Waals surface area (Å²) in [6.07, 6.45) is -0.906. The molecule has 0 spiro atoms. The van der Waals surface area contributed by atoms with Gasteiger partial charge in [-0.2, -0.15) is 0 Å². The molecule has 0 saturated heterocycles. The Morgan fingerprint density at radius 2 is 1.65 bits per heavy atom. The molecule has 0 saturated carbocycles. The van der Waals surface area contributed by atoms with Gasteiger partial charge in [0.25, 0.3) is 5.91 Å². The van der Waals surface area contributed by atoms with Crippen LogP contribution in [-0.4, -0.2) is 24.6 Å². The number of benzene rings is 2. The van der Waals surface area contributed by atoms with Crippen LogP contribution in [0.2, 0.25) is 0 Å². The lowest BCUT2D eigenvalue weighted by molar-refractivity contribution is -0.158. The quantitative estimate of drug-likeness (QED) is 0.764. The first-order valence-corrected chi connectivity index (χ1v) is 8.65. The minimum Gasteiger partial charge on any atom is -0.494 e. The van der Waals surface area contributed by atoms with Gasteiger partial charge < -0.3 is 14.8 Å². The third-order valence-electron chi connectivity index (χ3n) is 4.09. The van der Waals surface area contributed by atoms with Crippen LogP contribution in [0.4, 0.5) is 5.69 Å². The Bertz CT molecular complexity index is 738. The number of hydrogen-bond acceptors (Lipinski definition) is 4. The minimum atomic E-state index is -0.906. The Morgan fingerprint density at radius 3 is 2.23 bits per heavy atom. The van der Waals surface area contributed by atoms with Gasteiger partial charge in [0.1, 0.15) is 5.75 Å². The van der Waals surface area contributed by atoms with E-state index in [9.17, 15) is 9.59 Å². The maximum atomic E-state index is 12.5. The average molecular weight is 355 g/mol. The highest BCUT2D eigenvalue weighted by atomic mass is 16.5. The Hall–Kier alpha value is -2.82. The smallest absolute Gasteiger partial charge is 0.316 e. The van der Waals surface area contributed by atoms with E-state index in [1.54, 1.807) is 45.0 Å². The Labute approximate surface area is 154 Å². The van der Waals surface area contributed by atoms with Crippen LogP contribution in [0.5, 0.6) is 5.75 Å². The summed E-state index contributed by atoms with van der Waals surface area (Å²) in [6, 6.07) is 16.4. The van der Waals surface area contributed by atoms with E-state index < -0.39 is 17.5 Å². The molecule has 26 heavy (non-hydrogen) atoms. The largest absolute Gasteiger partial charge is 0.494 e. The molecule has 2 rings (SSSR count).